The maximum atomic E-state index is 15.1. The predicted octanol–water partition coefficient (Wildman–Crippen LogP) is 7.75. The zero-order valence-electron chi connectivity index (χ0n) is 45.0. The molecule has 9 rings (SSSR count). The fourth-order valence-corrected chi connectivity index (χ4v) is 11.7. The number of carbonyl (C=O) groups is 5. The van der Waals surface area contributed by atoms with Crippen LogP contribution >= 0.6 is 22.7 Å². The molecule has 3 aliphatic rings. The molecule has 19 heteroatoms. The number of rotatable bonds is 18. The van der Waals surface area contributed by atoms with Crippen LogP contribution in [0.25, 0.3) is 10.4 Å². The Morgan fingerprint density at radius 3 is 2.39 bits per heavy atom. The number of carbonyl (C=O) groups excluding carboxylic acids is 5. The molecule has 3 aliphatic heterocycles. The predicted molar refractivity (Wildman–Crippen MR) is 302 cm³/mol. The van der Waals surface area contributed by atoms with Crippen molar-refractivity contribution in [3.63, 3.8) is 0 Å². The van der Waals surface area contributed by atoms with Gasteiger partial charge in [0, 0.05) is 74.8 Å². The molecule has 2 aromatic heterocycles. The summed E-state index contributed by atoms with van der Waals surface area (Å²) in [6.07, 6.45) is 2.11. The maximum Gasteiger partial charge on any atom is 0.256 e. The van der Waals surface area contributed by atoms with Gasteiger partial charge in [-0.3, -0.25) is 34.2 Å². The molecule has 2 saturated heterocycles. The second kappa shape index (κ2) is 25.2. The minimum absolute atomic E-state index is 0.0132. The van der Waals surface area contributed by atoms with Crippen molar-refractivity contribution in [2.75, 3.05) is 51.1 Å². The second-order valence-electron chi connectivity index (χ2n) is 21.4. The third-order valence-corrected chi connectivity index (χ3v) is 16.2. The number of likely N-dealkylation sites (tertiary alicyclic amines) is 1. The number of thiazole rings is 2. The monoisotopic (exact) mass is 1110 g/mol. The number of β-amino-alcohol motifs (C(OH)–C–C–N with tert-alkyl or cyclic N) is 1. The summed E-state index contributed by atoms with van der Waals surface area (Å²) in [5.74, 6) is 4.14. The minimum Gasteiger partial charge on any atom is -0.489 e. The van der Waals surface area contributed by atoms with E-state index in [4.69, 9.17) is 4.74 Å². The minimum atomic E-state index is -1.26. The fraction of sp³-hybridized carbons (Fsp3) is 0.383. The van der Waals surface area contributed by atoms with E-state index in [1.54, 1.807) is 29.0 Å². The first-order valence-corrected chi connectivity index (χ1v) is 28.4. The van der Waals surface area contributed by atoms with Crippen LogP contribution in [-0.2, 0) is 32.3 Å². The third-order valence-electron chi connectivity index (χ3n) is 14.6. The van der Waals surface area contributed by atoms with E-state index >= 15 is 4.39 Å². The topological polar surface area (TPSA) is 190 Å². The van der Waals surface area contributed by atoms with Crippen molar-refractivity contribution in [1.82, 2.24) is 40.2 Å². The van der Waals surface area contributed by atoms with Crippen molar-refractivity contribution in [3.05, 3.63) is 153 Å². The number of unbranched alkanes of at least 4 members (excludes halogenated alkanes) is 1. The highest BCUT2D eigenvalue weighted by molar-refractivity contribution is 7.14. The number of aliphatic hydroxyl groups is 1. The van der Waals surface area contributed by atoms with Crippen molar-refractivity contribution in [2.45, 2.75) is 97.3 Å². The van der Waals surface area contributed by atoms with Gasteiger partial charge in [0.25, 0.3) is 11.8 Å². The lowest BCUT2D eigenvalue weighted by Crippen LogP contribution is -2.59. The van der Waals surface area contributed by atoms with Crippen LogP contribution in [0.5, 0.6) is 5.75 Å². The van der Waals surface area contributed by atoms with Crippen LogP contribution in [0.3, 0.4) is 0 Å². The Morgan fingerprint density at radius 1 is 0.924 bits per heavy atom. The molecular formula is C60H66FN9O7S2. The Kier molecular flexibility index (Phi) is 18.0. The van der Waals surface area contributed by atoms with Crippen LogP contribution < -0.4 is 20.7 Å². The molecule has 1 unspecified atom stereocenters. The number of anilines is 1. The molecule has 0 radical (unpaired) electrons. The van der Waals surface area contributed by atoms with Crippen LogP contribution in [0.15, 0.2) is 108 Å². The largest absolute Gasteiger partial charge is 0.489 e. The van der Waals surface area contributed by atoms with E-state index in [0.29, 0.717) is 41.3 Å². The van der Waals surface area contributed by atoms with Gasteiger partial charge in [-0.2, -0.15) is 0 Å². The number of nitrogens with zero attached hydrogens (tertiary/aromatic N) is 6. The van der Waals surface area contributed by atoms with E-state index in [0.717, 1.165) is 53.3 Å². The smallest absolute Gasteiger partial charge is 0.256 e. The van der Waals surface area contributed by atoms with E-state index < -0.39 is 53.2 Å². The Hall–Kier alpha value is -7.34. The Bertz CT molecular complexity index is 3200. The standard InChI is InChI=1S/C60H66FN9O7S2/c1-38(41-18-20-43(21-19-41)53-39(2)63-37-79-53)64-55(73)48-32-46(71)34-69(48)58(76)54(60(3,4)5)65-50(72)35-68-28-26-67(27-29-68)25-11-7-10-15-42-16-12-17-44-33-70(57(75)51(42)44)52(56(74)66-59-62-24-30-78-59)47-31-45(61)22-23-49(47)77-36-40-13-8-6-9-14-40/h6,8-9,12-14,16-24,30-31,37-38,46,48,52,54,71H,7,11,25-29,32-36H2,1-5H3,(H,64,73)(H,65,72)(H,62,66,74)/t38-,46+,48-,52?,54+/m0/s1. The van der Waals surface area contributed by atoms with E-state index in [1.165, 1.54) is 39.3 Å². The van der Waals surface area contributed by atoms with Crippen molar-refractivity contribution >= 4 is 57.3 Å². The van der Waals surface area contributed by atoms with Crippen LogP contribution in [0.1, 0.15) is 103 Å². The number of halogens is 1. The zero-order chi connectivity index (χ0) is 55.8. The summed E-state index contributed by atoms with van der Waals surface area (Å²) in [5, 5.41) is 21.7. The summed E-state index contributed by atoms with van der Waals surface area (Å²) >= 11 is 2.80. The van der Waals surface area contributed by atoms with Gasteiger partial charge in [-0.1, -0.05) is 99.3 Å². The normalized spacial score (nSPS) is 17.8. The van der Waals surface area contributed by atoms with Crippen LogP contribution in [-0.4, -0.2) is 128 Å². The summed E-state index contributed by atoms with van der Waals surface area (Å²) in [6.45, 7) is 13.4. The number of amides is 5. The van der Waals surface area contributed by atoms with Crippen molar-refractivity contribution in [3.8, 4) is 28.0 Å². The molecule has 5 amide bonds. The number of fused-ring (bicyclic) bond motifs is 1. The molecule has 2 fully saturated rings. The van der Waals surface area contributed by atoms with E-state index in [9.17, 15) is 29.1 Å². The molecule has 4 N–H and O–H groups in total. The van der Waals surface area contributed by atoms with Gasteiger partial charge in [0.05, 0.1) is 40.3 Å². The molecule has 0 bridgehead atoms. The average molecular weight is 1110 g/mol. The van der Waals surface area contributed by atoms with Crippen molar-refractivity contribution < 1.29 is 38.2 Å². The number of aliphatic hydroxyl groups excluding tert-OH is 1. The Balaban J connectivity index is 0.762. The molecule has 79 heavy (non-hydrogen) atoms. The maximum absolute atomic E-state index is 15.1. The van der Waals surface area contributed by atoms with Gasteiger partial charge >= 0.3 is 0 Å². The summed E-state index contributed by atoms with van der Waals surface area (Å²) in [6, 6.07) is 23.4. The van der Waals surface area contributed by atoms with Gasteiger partial charge in [0.1, 0.15) is 36.3 Å². The van der Waals surface area contributed by atoms with Crippen molar-refractivity contribution in [2.24, 2.45) is 5.41 Å². The average Bonchev–Trinajstić information content (AvgIpc) is 4.33. The molecule has 4 aromatic carbocycles. The highest BCUT2D eigenvalue weighted by Crippen LogP contribution is 2.39. The lowest BCUT2D eigenvalue weighted by molar-refractivity contribution is -0.144. The third kappa shape index (κ3) is 13.7. The van der Waals surface area contributed by atoms with Crippen LogP contribution in [0, 0.1) is 30.0 Å². The van der Waals surface area contributed by atoms with Gasteiger partial charge in [0.15, 0.2) is 5.13 Å². The van der Waals surface area contributed by atoms with E-state index in [-0.39, 0.29) is 61.8 Å². The summed E-state index contributed by atoms with van der Waals surface area (Å²) in [4.78, 5) is 87.4. The van der Waals surface area contributed by atoms with E-state index in [1.807, 2.05) is 107 Å². The number of benzene rings is 4. The quantitative estimate of drug-likeness (QED) is 0.0487. The lowest BCUT2D eigenvalue weighted by atomic mass is 9.85. The number of hydrogen-bond acceptors (Lipinski definition) is 13. The number of piperazine rings is 1. The van der Waals surface area contributed by atoms with Gasteiger partial charge < -0.3 is 35.2 Å². The van der Waals surface area contributed by atoms with Gasteiger partial charge in [-0.15, -0.1) is 22.7 Å². The van der Waals surface area contributed by atoms with Gasteiger partial charge in [0.2, 0.25) is 17.7 Å². The fourth-order valence-electron chi connectivity index (χ4n) is 10.4. The summed E-state index contributed by atoms with van der Waals surface area (Å²) in [7, 11) is 0. The van der Waals surface area contributed by atoms with Crippen LogP contribution in [0.2, 0.25) is 0 Å². The molecule has 5 atom stereocenters. The summed E-state index contributed by atoms with van der Waals surface area (Å²) in [5.41, 5.74) is 6.75. The molecule has 0 aliphatic carbocycles. The Labute approximate surface area is 468 Å². The lowest BCUT2D eigenvalue weighted by Gasteiger charge is -2.37. The highest BCUT2D eigenvalue weighted by atomic mass is 32.1. The molecule has 0 saturated carbocycles. The number of hydrogen-bond donors (Lipinski definition) is 4. The molecule has 16 nitrogen and oxygen atoms in total. The highest BCUT2D eigenvalue weighted by Gasteiger charge is 2.45. The summed E-state index contributed by atoms with van der Waals surface area (Å²) < 4.78 is 21.3. The number of nitrogens with one attached hydrogen (secondary N) is 3. The molecule has 412 valence electrons. The van der Waals surface area contributed by atoms with Crippen LogP contribution in [0.4, 0.5) is 9.52 Å². The van der Waals surface area contributed by atoms with E-state index in [2.05, 4.69) is 47.6 Å². The zero-order valence-corrected chi connectivity index (χ0v) is 46.7. The number of ether oxygens (including phenoxy) is 1. The molecule has 5 heterocycles. The molecular weight excluding hydrogens is 1040 g/mol. The molecule has 6 aromatic rings. The van der Waals surface area contributed by atoms with Crippen molar-refractivity contribution in [1.29, 1.82) is 0 Å². The second-order valence-corrected chi connectivity index (χ2v) is 23.1. The molecule has 0 spiro atoms. The number of aryl methyl sites for hydroxylation is 1. The Morgan fingerprint density at radius 2 is 1.68 bits per heavy atom. The van der Waals surface area contributed by atoms with Gasteiger partial charge in [-0.25, -0.2) is 14.4 Å². The number of aromatic nitrogens is 2. The van der Waals surface area contributed by atoms with Gasteiger partial charge in [-0.05, 0) is 78.7 Å². The first kappa shape index (κ1) is 56.4. The first-order chi connectivity index (χ1) is 38.0. The first-order valence-electron chi connectivity index (χ1n) is 26.6. The SMILES string of the molecule is Cc1ncsc1-c1ccc([C@H](C)NC(=O)[C@@H]2C[C@@H](O)CN2C(=O)[C@@H](NC(=O)CN2CCN(CCCC#Cc3cccc4c3C(=O)N(C(C(=O)Nc3nccs3)c3cc(F)ccc3OCc3ccccc3)C4)CC2)C(C)(C)C)cc1.